The van der Waals surface area contributed by atoms with Gasteiger partial charge < -0.3 is 23.9 Å². The summed E-state index contributed by atoms with van der Waals surface area (Å²) in [7, 11) is 0. The average molecular weight is 1270 g/mol. The van der Waals surface area contributed by atoms with Crippen molar-refractivity contribution in [1.29, 1.82) is 0 Å². The van der Waals surface area contributed by atoms with Crippen molar-refractivity contribution in [2.75, 3.05) is 6.61 Å². The molecule has 0 saturated heterocycles. The van der Waals surface area contributed by atoms with Gasteiger partial charge >= 0.3 is 5.97 Å². The molecule has 3 unspecified atom stereocenters. The Morgan fingerprint density at radius 1 is 0.473 bits per heavy atom. The van der Waals surface area contributed by atoms with E-state index >= 15 is 0 Å². The number of benzene rings is 3. The van der Waals surface area contributed by atoms with E-state index in [1.807, 2.05) is 32.1 Å². The van der Waals surface area contributed by atoms with E-state index in [1.165, 1.54) is 66.3 Å². The van der Waals surface area contributed by atoms with Crippen LogP contribution < -0.4 is 0 Å². The lowest BCUT2D eigenvalue weighted by atomic mass is 9.92. The van der Waals surface area contributed by atoms with Crippen LogP contribution >= 0.6 is 0 Å². The predicted molar refractivity (Wildman–Crippen MR) is 372 cm³/mol. The molecule has 3 atom stereocenters. The Kier molecular flexibility index (Phi) is 28.7. The zero-order valence-corrected chi connectivity index (χ0v) is 58.8. The number of nitrogens with zero attached hydrogens (tertiary/aromatic N) is 9. The molecule has 0 spiro atoms. The standard InChI is InChI=1S/C26H37N3O3.C26H39N3O2.C26H37N3O/c1-17(2)6-5-7-24-27-28-26(29(24)22-11-12-22)21(10-13-25(31)32)16-23(30)15-20-9-8-18(3)14-19(20)4;1-18(2)7-5-9-25-27-28-26(29(25)23-12-13-23)22(8-6-14-30)17-24(31)16-21-11-10-19(3)15-20(21)4;1-6-8-22(17-24(30)16-21-12-11-19(4)15-20(21)5)26-28-27-25(10-7-9-18(2)3)29(26)23-13-14-23/h8-9,14,17,21-22H,5-7,10-13,15-16H2,1-4H3,(H,31,32);10-11,15,18,22-23,30H,5-9,12-14,16-17H2,1-4H3;6,11-12,15,18,22-23H,1,7-10,13-14,16-17H2,2-5H3. The highest BCUT2D eigenvalue weighted by atomic mass is 16.4. The zero-order chi connectivity index (χ0) is 67.3. The maximum absolute atomic E-state index is 13.0. The molecule has 6 aromatic rings. The lowest BCUT2D eigenvalue weighted by Gasteiger charge is -2.18. The Hall–Kier alpha value is -6.74. The van der Waals surface area contributed by atoms with Gasteiger partial charge in [-0.25, -0.2) is 0 Å². The molecule has 93 heavy (non-hydrogen) atoms. The smallest absolute Gasteiger partial charge is 0.303 e. The quantitative estimate of drug-likeness (QED) is 0.0348. The third kappa shape index (κ3) is 23.6. The van der Waals surface area contributed by atoms with Crippen molar-refractivity contribution in [1.82, 2.24) is 44.3 Å². The van der Waals surface area contributed by atoms with Crippen LogP contribution in [0.2, 0.25) is 0 Å². The van der Waals surface area contributed by atoms with E-state index in [9.17, 15) is 29.4 Å². The van der Waals surface area contributed by atoms with Gasteiger partial charge in [0.05, 0.1) is 0 Å². The molecule has 0 radical (unpaired) electrons. The molecular weight excluding hydrogens is 1160 g/mol. The summed E-state index contributed by atoms with van der Waals surface area (Å²) >= 11 is 0. The molecule has 3 heterocycles. The maximum atomic E-state index is 13.0. The van der Waals surface area contributed by atoms with E-state index in [2.05, 4.69) is 163 Å². The summed E-state index contributed by atoms with van der Waals surface area (Å²) in [5, 5.41) is 46.0. The van der Waals surface area contributed by atoms with E-state index in [0.29, 0.717) is 87.2 Å². The number of Topliss-reactive ketones (excluding diaryl/α,β-unsaturated/α-hetero) is 3. The van der Waals surface area contributed by atoms with Gasteiger partial charge in [0.2, 0.25) is 0 Å². The van der Waals surface area contributed by atoms with Crippen LogP contribution in [-0.2, 0) is 57.7 Å². The third-order valence-corrected chi connectivity index (χ3v) is 18.7. The SMILES string of the molecule is C=CCC(CC(=O)Cc1ccc(C)cc1C)c1nnc(CCCC(C)C)n1C1CC1.Cc1ccc(CC(=O)CC(CCC(=O)O)c2nnc(CCCC(C)C)n2C2CC2)c(C)c1.Cc1ccc(CC(=O)CC(CCCO)c2nnc(CCCC(C)C)n2C2CC2)c(C)c1. The van der Waals surface area contributed by atoms with Gasteiger partial charge in [-0.3, -0.25) is 19.2 Å². The number of carboxylic acids is 1. The monoisotopic (exact) mass is 1270 g/mol. The molecule has 506 valence electrons. The number of rotatable bonds is 38. The summed E-state index contributed by atoms with van der Waals surface area (Å²) in [6, 6.07) is 20.2. The highest BCUT2D eigenvalue weighted by molar-refractivity contribution is 5.83. The van der Waals surface area contributed by atoms with Crippen molar-refractivity contribution >= 4 is 23.3 Å². The first-order chi connectivity index (χ1) is 44.5. The lowest BCUT2D eigenvalue weighted by Crippen LogP contribution is -2.17. The van der Waals surface area contributed by atoms with Crippen LogP contribution in [0.1, 0.15) is 291 Å². The minimum Gasteiger partial charge on any atom is -0.481 e. The van der Waals surface area contributed by atoms with Crippen LogP contribution in [0.4, 0.5) is 0 Å². The molecule has 3 fully saturated rings. The number of hydrogen-bond acceptors (Lipinski definition) is 11. The van der Waals surface area contributed by atoms with Gasteiger partial charge in [0, 0.05) is 107 Å². The van der Waals surface area contributed by atoms with Crippen molar-refractivity contribution in [2.45, 2.75) is 286 Å². The van der Waals surface area contributed by atoms with E-state index in [4.69, 9.17) is 0 Å². The minimum absolute atomic E-state index is 0.0253. The van der Waals surface area contributed by atoms with Gasteiger partial charge in [0.25, 0.3) is 0 Å². The second kappa shape index (κ2) is 36.2. The molecule has 9 rings (SSSR count). The number of aromatic nitrogens is 9. The normalized spacial score (nSPS) is 14.8. The second-order valence-electron chi connectivity index (χ2n) is 29.0. The van der Waals surface area contributed by atoms with Crippen molar-refractivity contribution < 1.29 is 29.4 Å². The molecule has 15 heteroatoms. The number of hydrogen-bond donors (Lipinski definition) is 2. The summed E-state index contributed by atoms with van der Waals surface area (Å²) < 4.78 is 6.93. The molecule has 0 amide bonds. The van der Waals surface area contributed by atoms with Gasteiger partial charge in [0.15, 0.2) is 0 Å². The molecule has 3 aromatic heterocycles. The molecule has 15 nitrogen and oxygen atoms in total. The van der Waals surface area contributed by atoms with Gasteiger partial charge in [0.1, 0.15) is 52.3 Å². The van der Waals surface area contributed by atoms with Gasteiger partial charge in [-0.2, -0.15) is 0 Å². The molecule has 0 aliphatic heterocycles. The average Bonchev–Trinajstić information content (AvgIpc) is 1.66. The van der Waals surface area contributed by atoms with Gasteiger partial charge in [-0.1, -0.05) is 138 Å². The first-order valence-electron chi connectivity index (χ1n) is 35.5. The van der Waals surface area contributed by atoms with Crippen LogP contribution in [0.25, 0.3) is 0 Å². The first kappa shape index (κ1) is 73.7. The topological polar surface area (TPSA) is 201 Å². The number of carboxylic acid groups (broad SMARTS) is 1. The van der Waals surface area contributed by atoms with Crippen LogP contribution in [0.15, 0.2) is 67.3 Å². The van der Waals surface area contributed by atoms with Crippen molar-refractivity contribution in [2.24, 2.45) is 17.8 Å². The highest BCUT2D eigenvalue weighted by Crippen LogP contribution is 2.43. The molecule has 3 aliphatic rings. The van der Waals surface area contributed by atoms with Crippen molar-refractivity contribution in [3.63, 3.8) is 0 Å². The van der Waals surface area contributed by atoms with Crippen molar-refractivity contribution in [3.05, 3.63) is 152 Å². The van der Waals surface area contributed by atoms with E-state index < -0.39 is 5.97 Å². The molecule has 3 aliphatic carbocycles. The number of aryl methyl sites for hydroxylation is 9. The Labute approximate surface area is 556 Å². The Balaban J connectivity index is 0.000000198. The van der Waals surface area contributed by atoms with Gasteiger partial charge in [-0.05, 0) is 176 Å². The summed E-state index contributed by atoms with van der Waals surface area (Å²) in [6.45, 7) is 30.0. The number of carbonyl (C=O) groups excluding carboxylic acids is 3. The van der Waals surface area contributed by atoms with E-state index in [0.717, 1.165) is 128 Å². The van der Waals surface area contributed by atoms with Crippen LogP contribution in [0.5, 0.6) is 0 Å². The van der Waals surface area contributed by atoms with E-state index in [-0.39, 0.29) is 48.1 Å². The number of aliphatic hydroxyl groups is 1. The van der Waals surface area contributed by atoms with E-state index in [1.54, 1.807) is 0 Å². The minimum atomic E-state index is -0.841. The van der Waals surface area contributed by atoms with Crippen LogP contribution in [-0.4, -0.2) is 84.4 Å². The Morgan fingerprint density at radius 2 is 0.796 bits per heavy atom. The summed E-state index contributed by atoms with van der Waals surface area (Å²) in [4.78, 5) is 50.3. The third-order valence-electron chi connectivity index (χ3n) is 18.7. The Morgan fingerprint density at radius 3 is 1.09 bits per heavy atom. The molecule has 2 N–H and O–H groups in total. The number of aliphatic hydroxyl groups excluding tert-OH is 1. The largest absolute Gasteiger partial charge is 0.481 e. The lowest BCUT2D eigenvalue weighted by molar-refractivity contribution is -0.137. The maximum Gasteiger partial charge on any atom is 0.303 e. The Bertz CT molecular complexity index is 3390. The number of allylic oxidation sites excluding steroid dienone is 1. The second-order valence-corrected chi connectivity index (χ2v) is 29.0. The number of carbonyl (C=O) groups is 4. The van der Waals surface area contributed by atoms with Crippen molar-refractivity contribution in [3.8, 4) is 0 Å². The molecule has 0 bridgehead atoms. The summed E-state index contributed by atoms with van der Waals surface area (Å²) in [5.41, 5.74) is 10.4. The van der Waals surface area contributed by atoms with Gasteiger partial charge in [-0.15, -0.1) is 37.2 Å². The fourth-order valence-corrected chi connectivity index (χ4v) is 13.1. The first-order valence-corrected chi connectivity index (χ1v) is 35.5. The molecular formula is C78H113N9O6. The predicted octanol–water partition coefficient (Wildman–Crippen LogP) is 16.7. The highest BCUT2D eigenvalue weighted by Gasteiger charge is 2.36. The fourth-order valence-electron chi connectivity index (χ4n) is 13.1. The zero-order valence-electron chi connectivity index (χ0n) is 58.8. The van der Waals surface area contributed by atoms with Crippen LogP contribution in [0, 0.1) is 59.3 Å². The number of aliphatic carboxylic acids is 1. The summed E-state index contributed by atoms with van der Waals surface area (Å²) in [5.74, 6) is 7.64. The number of ketones is 3. The fraction of sp³-hybridized carbons (Fsp3) is 0.615. The summed E-state index contributed by atoms with van der Waals surface area (Å²) in [6.07, 6.45) is 23.7. The van der Waals surface area contributed by atoms with Crippen LogP contribution in [0.3, 0.4) is 0 Å². The molecule has 3 aromatic carbocycles. The molecule has 3 saturated carbocycles.